The van der Waals surface area contributed by atoms with Crippen LogP contribution in [-0.4, -0.2) is 34.5 Å². The number of nitrogens with zero attached hydrogens (tertiary/aromatic N) is 2. The molecule has 1 aliphatic heterocycles. The molecule has 0 saturated carbocycles. The maximum atomic E-state index is 16.1. The topological polar surface area (TPSA) is 33.2 Å². The smallest absolute Gasteiger partial charge is 0.253 e. The molecule has 0 bridgehead atoms. The van der Waals surface area contributed by atoms with E-state index in [-0.39, 0.29) is 17.0 Å². The van der Waals surface area contributed by atoms with Crippen LogP contribution in [0, 0.1) is 12.7 Å². The average Bonchev–Trinajstić information content (AvgIpc) is 2.73. The fourth-order valence-corrected chi connectivity index (χ4v) is 2.83. The number of rotatable bonds is 5. The molecule has 1 aliphatic rings. The standard InChI is InChI=1S/C21H23ClF2N2O/c1-15-4-6-17(25-14-15)3-2-8-21(24)9-11-26(12-10-21)20(27)16-5-7-19(23)18(22)13-16/h4-7,13-14H,2-3,8-12H2,1H3/i8D2,9D2,11D2. The summed E-state index contributed by atoms with van der Waals surface area (Å²) in [6.45, 7) is -1.95. The summed E-state index contributed by atoms with van der Waals surface area (Å²) in [5, 5.41) is -0.373. The molecule has 3 nitrogen and oxygen atoms in total. The molecule has 6 heteroatoms. The molecule has 3 rings (SSSR count). The van der Waals surface area contributed by atoms with Crippen molar-refractivity contribution in [1.82, 2.24) is 9.88 Å². The molecule has 0 N–H and O–H groups in total. The second-order valence-electron chi connectivity index (χ2n) is 6.38. The van der Waals surface area contributed by atoms with Gasteiger partial charge in [-0.25, -0.2) is 8.78 Å². The van der Waals surface area contributed by atoms with Gasteiger partial charge in [-0.1, -0.05) is 17.7 Å². The number of likely N-dealkylation sites (tertiary alicyclic amines) is 1. The number of benzene rings is 1. The summed E-state index contributed by atoms with van der Waals surface area (Å²) in [6, 6.07) is 6.41. The zero-order valence-corrected chi connectivity index (χ0v) is 15.5. The number of hydrogen-bond acceptors (Lipinski definition) is 2. The molecule has 1 aromatic heterocycles. The summed E-state index contributed by atoms with van der Waals surface area (Å²) in [6.07, 6.45) is -5.76. The quantitative estimate of drug-likeness (QED) is 0.697. The third-order valence-electron chi connectivity index (χ3n) is 4.24. The number of aromatic nitrogens is 1. The number of carbonyl (C=O) groups excluding carboxylic acids is 1. The van der Waals surface area contributed by atoms with Crippen molar-refractivity contribution >= 4 is 17.5 Å². The van der Waals surface area contributed by atoms with Gasteiger partial charge in [-0.3, -0.25) is 9.78 Å². The fourth-order valence-electron chi connectivity index (χ4n) is 2.65. The maximum absolute atomic E-state index is 16.1. The number of piperidine rings is 1. The SMILES string of the molecule is [2H]C([2H])(CCc1ccc(C)cn1)C1(F)CCN(C(=O)c2ccc(F)c(Cl)c2)C([2H])([2H])C1([2H])[2H]. The summed E-state index contributed by atoms with van der Waals surface area (Å²) in [5.41, 5.74) is -2.03. The molecule has 1 amide bonds. The molecule has 0 spiro atoms. The molecule has 27 heavy (non-hydrogen) atoms. The number of pyridine rings is 1. The molecule has 1 aromatic carbocycles. The third kappa shape index (κ3) is 5.04. The molecular weight excluding hydrogens is 370 g/mol. The Bertz CT molecular complexity index is 1050. The first-order chi connectivity index (χ1) is 15.1. The number of halogens is 3. The normalized spacial score (nSPS) is 27.5. The number of amides is 1. The van der Waals surface area contributed by atoms with Crippen LogP contribution in [0.25, 0.3) is 0 Å². The van der Waals surface area contributed by atoms with Gasteiger partial charge in [-0.15, -0.1) is 0 Å². The number of alkyl halides is 1. The minimum atomic E-state index is -3.40. The van der Waals surface area contributed by atoms with E-state index in [2.05, 4.69) is 4.98 Å². The van der Waals surface area contributed by atoms with Gasteiger partial charge in [0, 0.05) is 38.7 Å². The zero-order chi connectivity index (χ0) is 24.8. The van der Waals surface area contributed by atoms with Crippen LogP contribution in [0.4, 0.5) is 8.78 Å². The molecule has 2 heterocycles. The number of hydrogen-bond donors (Lipinski definition) is 0. The Labute approximate surface area is 171 Å². The summed E-state index contributed by atoms with van der Waals surface area (Å²) >= 11 is 5.69. The van der Waals surface area contributed by atoms with Crippen LogP contribution in [-0.2, 0) is 6.42 Å². The van der Waals surface area contributed by atoms with E-state index in [4.69, 9.17) is 19.8 Å². The lowest BCUT2D eigenvalue weighted by molar-refractivity contribution is 0.0389. The van der Waals surface area contributed by atoms with E-state index in [1.54, 1.807) is 18.3 Å². The summed E-state index contributed by atoms with van der Waals surface area (Å²) in [4.78, 5) is 17.5. The monoisotopic (exact) mass is 398 g/mol. The van der Waals surface area contributed by atoms with Crippen LogP contribution in [0.3, 0.4) is 0 Å². The second kappa shape index (κ2) is 8.34. The van der Waals surface area contributed by atoms with Gasteiger partial charge in [0.25, 0.3) is 5.91 Å². The van der Waals surface area contributed by atoms with Gasteiger partial charge in [-0.05, 0) is 68.8 Å². The predicted octanol–water partition coefficient (Wildman–Crippen LogP) is 5.15. The Morgan fingerprint density at radius 2 is 2.26 bits per heavy atom. The largest absolute Gasteiger partial charge is 0.338 e. The van der Waals surface area contributed by atoms with Gasteiger partial charge in [0.05, 0.1) is 5.02 Å². The van der Waals surface area contributed by atoms with Crippen LogP contribution in [0.5, 0.6) is 0 Å². The van der Waals surface area contributed by atoms with Gasteiger partial charge in [0.2, 0.25) is 0 Å². The predicted molar refractivity (Wildman–Crippen MR) is 102 cm³/mol. The Morgan fingerprint density at radius 1 is 1.44 bits per heavy atom. The van der Waals surface area contributed by atoms with Crippen LogP contribution in [0.1, 0.15) is 55.4 Å². The van der Waals surface area contributed by atoms with Gasteiger partial charge in [-0.2, -0.15) is 0 Å². The van der Waals surface area contributed by atoms with E-state index in [0.29, 0.717) is 10.6 Å². The van der Waals surface area contributed by atoms with Crippen LogP contribution < -0.4 is 0 Å². The van der Waals surface area contributed by atoms with E-state index >= 15 is 4.39 Å². The van der Waals surface area contributed by atoms with Gasteiger partial charge >= 0.3 is 0 Å². The second-order valence-corrected chi connectivity index (χ2v) is 6.78. The van der Waals surface area contributed by atoms with Crippen LogP contribution in [0.2, 0.25) is 5.02 Å². The van der Waals surface area contributed by atoms with E-state index in [0.717, 1.165) is 23.8 Å². The Kier molecular flexibility index (Phi) is 4.08. The molecule has 144 valence electrons. The van der Waals surface area contributed by atoms with E-state index in [9.17, 15) is 9.18 Å². The lowest BCUT2D eigenvalue weighted by Crippen LogP contribution is -2.44. The minimum Gasteiger partial charge on any atom is -0.338 e. The molecule has 2 aromatic rings. The molecule has 1 fully saturated rings. The molecule has 1 saturated heterocycles. The van der Waals surface area contributed by atoms with Crippen LogP contribution in [0.15, 0.2) is 36.5 Å². The molecule has 0 aliphatic carbocycles. The maximum Gasteiger partial charge on any atom is 0.253 e. The Hall–Kier alpha value is -2.01. The highest BCUT2D eigenvalue weighted by Gasteiger charge is 2.35. The zero-order valence-electron chi connectivity index (χ0n) is 20.7. The van der Waals surface area contributed by atoms with E-state index in [1.807, 2.05) is 6.92 Å². The highest BCUT2D eigenvalue weighted by molar-refractivity contribution is 6.31. The van der Waals surface area contributed by atoms with Gasteiger partial charge in [0.1, 0.15) is 11.5 Å². The third-order valence-corrected chi connectivity index (χ3v) is 4.53. The first-order valence-corrected chi connectivity index (χ1v) is 8.89. The summed E-state index contributed by atoms with van der Waals surface area (Å²) < 4.78 is 79.4. The number of aryl methyl sites for hydroxylation is 2. The average molecular weight is 399 g/mol. The van der Waals surface area contributed by atoms with Crippen LogP contribution >= 0.6 is 11.6 Å². The van der Waals surface area contributed by atoms with Crippen molar-refractivity contribution in [3.05, 3.63) is 64.2 Å². The van der Waals surface area contributed by atoms with E-state index < -0.39 is 56.0 Å². The fraction of sp³-hybridized carbons (Fsp3) is 0.429. The summed E-state index contributed by atoms with van der Waals surface area (Å²) in [7, 11) is 0. The highest BCUT2D eigenvalue weighted by Crippen LogP contribution is 2.32. The lowest BCUT2D eigenvalue weighted by atomic mass is 9.87. The van der Waals surface area contributed by atoms with Gasteiger partial charge in [0.15, 0.2) is 0 Å². The van der Waals surface area contributed by atoms with Crippen molar-refractivity contribution in [1.29, 1.82) is 0 Å². The molecule has 0 radical (unpaired) electrons. The van der Waals surface area contributed by atoms with E-state index in [1.165, 1.54) is 0 Å². The Morgan fingerprint density at radius 3 is 2.96 bits per heavy atom. The lowest BCUT2D eigenvalue weighted by Gasteiger charge is -2.36. The van der Waals surface area contributed by atoms with Crippen molar-refractivity contribution in [2.45, 2.75) is 44.6 Å². The van der Waals surface area contributed by atoms with Crippen molar-refractivity contribution in [2.75, 3.05) is 13.0 Å². The van der Waals surface area contributed by atoms with Crippen molar-refractivity contribution < 1.29 is 21.8 Å². The van der Waals surface area contributed by atoms with Crippen molar-refractivity contribution in [2.24, 2.45) is 0 Å². The number of carbonyl (C=O) groups is 1. The highest BCUT2D eigenvalue weighted by atomic mass is 35.5. The molecular formula is C21H23ClF2N2O. The Balaban J connectivity index is 1.87. The van der Waals surface area contributed by atoms with Gasteiger partial charge < -0.3 is 4.90 Å². The molecule has 1 atom stereocenters. The van der Waals surface area contributed by atoms with Crippen molar-refractivity contribution in [3.63, 3.8) is 0 Å². The molecule has 1 unspecified atom stereocenters. The van der Waals surface area contributed by atoms with Crippen molar-refractivity contribution in [3.8, 4) is 0 Å². The minimum absolute atomic E-state index is 0.0226. The summed E-state index contributed by atoms with van der Waals surface area (Å²) in [5.74, 6) is -1.79. The first-order valence-electron chi connectivity index (χ1n) is 11.5. The first kappa shape index (κ1) is 13.2.